The molecule has 0 saturated heterocycles. The molecule has 0 heterocycles. The molecule has 5 heteroatoms. The highest BCUT2D eigenvalue weighted by Gasteiger charge is 2.12. The van der Waals surface area contributed by atoms with Gasteiger partial charge in [-0.25, -0.2) is 13.6 Å². The van der Waals surface area contributed by atoms with Crippen LogP contribution in [0.15, 0.2) is 42.5 Å². The van der Waals surface area contributed by atoms with Crippen LogP contribution in [0.1, 0.15) is 15.9 Å². The Balaban J connectivity index is 2.12. The molecule has 0 fully saturated rings. The lowest BCUT2D eigenvalue weighted by molar-refractivity contribution is 0.0595. The van der Waals surface area contributed by atoms with Gasteiger partial charge in [0, 0.05) is 12.2 Å². The van der Waals surface area contributed by atoms with Crippen molar-refractivity contribution in [3.63, 3.8) is 0 Å². The van der Waals surface area contributed by atoms with Crippen molar-refractivity contribution in [1.82, 2.24) is 0 Å². The molecule has 0 radical (unpaired) electrons. The predicted molar refractivity (Wildman–Crippen MR) is 71.5 cm³/mol. The van der Waals surface area contributed by atoms with E-state index in [0.29, 0.717) is 12.2 Å². The van der Waals surface area contributed by atoms with Gasteiger partial charge in [-0.3, -0.25) is 0 Å². The first-order valence-electron chi connectivity index (χ1n) is 5.96. The average molecular weight is 277 g/mol. The Kier molecular flexibility index (Phi) is 4.30. The van der Waals surface area contributed by atoms with Crippen molar-refractivity contribution < 1.29 is 18.3 Å². The molecule has 1 N–H and O–H groups in total. The standard InChI is InChI=1S/C15H13F2NO2/c1-20-15(19)13-8-12(5-6-14(13)17)18-9-10-3-2-4-11(16)7-10/h2-8,18H,9H2,1H3. The van der Waals surface area contributed by atoms with Gasteiger partial charge in [-0.1, -0.05) is 12.1 Å². The fourth-order valence-electron chi connectivity index (χ4n) is 1.75. The van der Waals surface area contributed by atoms with Crippen molar-refractivity contribution >= 4 is 11.7 Å². The fraction of sp³-hybridized carbons (Fsp3) is 0.133. The third-order valence-corrected chi connectivity index (χ3v) is 2.76. The minimum atomic E-state index is -0.739. The molecule has 2 rings (SSSR count). The van der Waals surface area contributed by atoms with Crippen LogP contribution in [-0.4, -0.2) is 13.1 Å². The largest absolute Gasteiger partial charge is 0.465 e. The molecule has 20 heavy (non-hydrogen) atoms. The van der Waals surface area contributed by atoms with Crippen molar-refractivity contribution in [1.29, 1.82) is 0 Å². The summed E-state index contributed by atoms with van der Waals surface area (Å²) in [5.74, 6) is -1.70. The van der Waals surface area contributed by atoms with Gasteiger partial charge in [0.2, 0.25) is 0 Å². The first kappa shape index (κ1) is 14.0. The number of carbonyl (C=O) groups is 1. The van der Waals surface area contributed by atoms with E-state index < -0.39 is 11.8 Å². The van der Waals surface area contributed by atoms with Crippen LogP contribution in [0.25, 0.3) is 0 Å². The number of benzene rings is 2. The van der Waals surface area contributed by atoms with E-state index >= 15 is 0 Å². The van der Waals surface area contributed by atoms with E-state index in [2.05, 4.69) is 10.1 Å². The van der Waals surface area contributed by atoms with Crippen LogP contribution in [0.2, 0.25) is 0 Å². The monoisotopic (exact) mass is 277 g/mol. The van der Waals surface area contributed by atoms with E-state index in [9.17, 15) is 13.6 Å². The second-order valence-corrected chi connectivity index (χ2v) is 4.17. The fourth-order valence-corrected chi connectivity index (χ4v) is 1.75. The molecule has 0 unspecified atom stereocenters. The summed E-state index contributed by atoms with van der Waals surface area (Å²) >= 11 is 0. The number of halogens is 2. The van der Waals surface area contributed by atoms with Crippen LogP contribution in [0.3, 0.4) is 0 Å². The van der Waals surface area contributed by atoms with Crippen LogP contribution in [0.4, 0.5) is 14.5 Å². The number of carbonyl (C=O) groups excluding carboxylic acids is 1. The summed E-state index contributed by atoms with van der Waals surface area (Å²) in [6.45, 7) is 0.365. The van der Waals surface area contributed by atoms with Crippen molar-refractivity contribution in [2.45, 2.75) is 6.54 Å². The molecule has 0 aromatic heterocycles. The topological polar surface area (TPSA) is 38.3 Å². The van der Waals surface area contributed by atoms with Crippen molar-refractivity contribution in [3.05, 3.63) is 65.2 Å². The molecule has 0 aliphatic carbocycles. The quantitative estimate of drug-likeness (QED) is 0.871. The third-order valence-electron chi connectivity index (χ3n) is 2.76. The summed E-state index contributed by atoms with van der Waals surface area (Å²) in [6.07, 6.45) is 0. The Morgan fingerprint density at radius 2 is 2.00 bits per heavy atom. The van der Waals surface area contributed by atoms with Gasteiger partial charge in [-0.2, -0.15) is 0 Å². The van der Waals surface area contributed by atoms with Crippen LogP contribution in [0, 0.1) is 11.6 Å². The number of methoxy groups -OCH3 is 1. The molecular formula is C15H13F2NO2. The number of rotatable bonds is 4. The van der Waals surface area contributed by atoms with Gasteiger partial charge < -0.3 is 10.1 Å². The number of hydrogen-bond acceptors (Lipinski definition) is 3. The lowest BCUT2D eigenvalue weighted by Gasteiger charge is -2.09. The molecular weight excluding hydrogens is 264 g/mol. The highest BCUT2D eigenvalue weighted by atomic mass is 19.1. The smallest absolute Gasteiger partial charge is 0.340 e. The number of nitrogens with one attached hydrogen (secondary N) is 1. The highest BCUT2D eigenvalue weighted by Crippen LogP contribution is 2.16. The summed E-state index contributed by atoms with van der Waals surface area (Å²) in [7, 11) is 1.19. The maximum atomic E-state index is 13.4. The van der Waals surface area contributed by atoms with Gasteiger partial charge in [0.05, 0.1) is 12.7 Å². The Bertz CT molecular complexity index is 629. The second kappa shape index (κ2) is 6.14. The van der Waals surface area contributed by atoms with E-state index in [1.807, 2.05) is 0 Å². The summed E-state index contributed by atoms with van der Waals surface area (Å²) in [6, 6.07) is 10.2. The highest BCUT2D eigenvalue weighted by molar-refractivity contribution is 5.90. The first-order valence-corrected chi connectivity index (χ1v) is 5.96. The normalized spacial score (nSPS) is 10.2. The maximum absolute atomic E-state index is 13.4. The summed E-state index contributed by atoms with van der Waals surface area (Å²) in [4.78, 5) is 11.4. The molecule has 0 bridgehead atoms. The van der Waals surface area contributed by atoms with Gasteiger partial charge in [0.1, 0.15) is 11.6 Å². The van der Waals surface area contributed by atoms with Crippen LogP contribution in [0.5, 0.6) is 0 Å². The Labute approximate surface area is 115 Å². The molecule has 0 aliphatic heterocycles. The molecule has 0 saturated carbocycles. The molecule has 2 aromatic rings. The number of hydrogen-bond donors (Lipinski definition) is 1. The van der Waals surface area contributed by atoms with E-state index in [1.54, 1.807) is 12.1 Å². The van der Waals surface area contributed by atoms with Gasteiger partial charge in [0.15, 0.2) is 0 Å². The predicted octanol–water partition coefficient (Wildman–Crippen LogP) is 3.36. The Morgan fingerprint density at radius 1 is 1.20 bits per heavy atom. The molecule has 0 spiro atoms. The van der Waals surface area contributed by atoms with Gasteiger partial charge in [0.25, 0.3) is 0 Å². The zero-order valence-corrected chi connectivity index (χ0v) is 10.8. The van der Waals surface area contributed by atoms with Crippen molar-refractivity contribution in [3.8, 4) is 0 Å². The van der Waals surface area contributed by atoms with E-state index in [0.717, 1.165) is 5.56 Å². The first-order chi connectivity index (χ1) is 9.60. The molecule has 0 amide bonds. The van der Waals surface area contributed by atoms with Crippen molar-refractivity contribution in [2.75, 3.05) is 12.4 Å². The van der Waals surface area contributed by atoms with Gasteiger partial charge >= 0.3 is 5.97 Å². The number of anilines is 1. The maximum Gasteiger partial charge on any atom is 0.340 e. The average Bonchev–Trinajstić information content (AvgIpc) is 2.45. The van der Waals surface area contributed by atoms with E-state index in [-0.39, 0.29) is 11.4 Å². The number of esters is 1. The van der Waals surface area contributed by atoms with Gasteiger partial charge in [-0.15, -0.1) is 0 Å². The summed E-state index contributed by atoms with van der Waals surface area (Å²) < 4.78 is 31.0. The lowest BCUT2D eigenvalue weighted by Crippen LogP contribution is -2.06. The molecule has 3 nitrogen and oxygen atoms in total. The summed E-state index contributed by atoms with van der Waals surface area (Å²) in [5, 5.41) is 2.99. The number of ether oxygens (including phenoxy) is 1. The lowest BCUT2D eigenvalue weighted by atomic mass is 10.1. The Hall–Kier alpha value is -2.43. The minimum absolute atomic E-state index is 0.142. The molecule has 0 aliphatic rings. The SMILES string of the molecule is COC(=O)c1cc(NCc2cccc(F)c2)ccc1F. The molecule has 104 valence electrons. The van der Waals surface area contributed by atoms with Gasteiger partial charge in [-0.05, 0) is 35.9 Å². The minimum Gasteiger partial charge on any atom is -0.465 e. The zero-order valence-electron chi connectivity index (χ0n) is 10.8. The van der Waals surface area contributed by atoms with Crippen LogP contribution < -0.4 is 5.32 Å². The third kappa shape index (κ3) is 3.32. The molecule has 2 aromatic carbocycles. The van der Waals surface area contributed by atoms with Crippen molar-refractivity contribution in [2.24, 2.45) is 0 Å². The van der Waals surface area contributed by atoms with Crippen LogP contribution in [-0.2, 0) is 11.3 Å². The van der Waals surface area contributed by atoms with E-state index in [4.69, 9.17) is 0 Å². The summed E-state index contributed by atoms with van der Waals surface area (Å²) in [5.41, 5.74) is 1.15. The second-order valence-electron chi connectivity index (χ2n) is 4.17. The molecule has 0 atom stereocenters. The van der Waals surface area contributed by atoms with Crippen LogP contribution >= 0.6 is 0 Å². The zero-order chi connectivity index (χ0) is 14.5. The Morgan fingerprint density at radius 3 is 2.70 bits per heavy atom. The van der Waals surface area contributed by atoms with E-state index in [1.165, 1.54) is 37.4 Å².